The molecule has 1 atom stereocenters. The van der Waals surface area contributed by atoms with Crippen molar-refractivity contribution in [2.75, 3.05) is 0 Å². The summed E-state index contributed by atoms with van der Waals surface area (Å²) in [6.07, 6.45) is 0. The lowest BCUT2D eigenvalue weighted by Gasteiger charge is -2.05. The topological polar surface area (TPSA) is 9.23 Å². The van der Waals surface area contributed by atoms with E-state index in [-0.39, 0.29) is 0 Å². The fraction of sp³-hybridized carbons (Fsp3) is 0.0769. The van der Waals surface area contributed by atoms with Crippen LogP contribution in [0, 0.1) is 6.92 Å². The average molecular weight is 216 g/mol. The maximum absolute atomic E-state index is 5.66. The molecule has 0 N–H and O–H groups in total. The Kier molecular flexibility index (Phi) is 3.37. The Morgan fingerprint density at radius 2 is 1.53 bits per heavy atom. The molecule has 2 heteroatoms. The fourth-order valence-electron chi connectivity index (χ4n) is 1.23. The summed E-state index contributed by atoms with van der Waals surface area (Å²) in [7, 11) is 0.378. The lowest BCUT2D eigenvalue weighted by molar-refractivity contribution is 0.638. The molecule has 0 radical (unpaired) electrons. The number of hydrogen-bond donors (Lipinski definition) is 0. The summed E-state index contributed by atoms with van der Waals surface area (Å²) in [6, 6.07) is 18.3. The van der Waals surface area contributed by atoms with E-state index in [4.69, 9.17) is 4.52 Å². The van der Waals surface area contributed by atoms with Gasteiger partial charge in [-0.2, -0.15) is 0 Å². The van der Waals surface area contributed by atoms with Crippen LogP contribution in [0.15, 0.2) is 54.6 Å². The van der Waals surface area contributed by atoms with Crippen molar-refractivity contribution in [3.63, 3.8) is 0 Å². The molecule has 0 aliphatic heterocycles. The van der Waals surface area contributed by atoms with Crippen LogP contribution in [0.3, 0.4) is 0 Å². The molecule has 0 aliphatic carbocycles. The summed E-state index contributed by atoms with van der Waals surface area (Å²) in [4.78, 5) is 0. The van der Waals surface area contributed by atoms with Crippen LogP contribution in [0.2, 0.25) is 0 Å². The SMILES string of the molecule is Cc1ccc(POc2ccccc2)cc1. The highest BCUT2D eigenvalue weighted by Crippen LogP contribution is 2.19. The molecule has 0 amide bonds. The highest BCUT2D eigenvalue weighted by molar-refractivity contribution is 7.42. The van der Waals surface area contributed by atoms with E-state index < -0.39 is 0 Å². The number of aryl methyl sites for hydroxylation is 1. The maximum Gasteiger partial charge on any atom is 0.123 e. The van der Waals surface area contributed by atoms with Crippen LogP contribution in [0.5, 0.6) is 5.75 Å². The van der Waals surface area contributed by atoms with Crippen LogP contribution in [0.25, 0.3) is 0 Å². The highest BCUT2D eigenvalue weighted by Gasteiger charge is 1.94. The number of rotatable bonds is 3. The van der Waals surface area contributed by atoms with E-state index in [2.05, 4.69) is 31.2 Å². The van der Waals surface area contributed by atoms with Gasteiger partial charge in [-0.1, -0.05) is 48.0 Å². The Bertz CT molecular complexity index is 408. The first-order valence-electron chi connectivity index (χ1n) is 4.89. The minimum Gasteiger partial charge on any atom is -0.472 e. The molecule has 2 rings (SSSR count). The van der Waals surface area contributed by atoms with Crippen LogP contribution in [-0.2, 0) is 0 Å². The van der Waals surface area contributed by atoms with Gasteiger partial charge in [-0.05, 0) is 19.1 Å². The van der Waals surface area contributed by atoms with Crippen LogP contribution in [0.1, 0.15) is 5.56 Å². The summed E-state index contributed by atoms with van der Waals surface area (Å²) in [5, 5.41) is 1.23. The molecular formula is C13H13OP. The maximum atomic E-state index is 5.66. The zero-order valence-corrected chi connectivity index (χ0v) is 9.60. The lowest BCUT2D eigenvalue weighted by Crippen LogP contribution is -1.95. The van der Waals surface area contributed by atoms with Crippen LogP contribution in [-0.4, -0.2) is 0 Å². The first-order valence-corrected chi connectivity index (χ1v) is 5.80. The molecule has 0 heterocycles. The van der Waals surface area contributed by atoms with Crippen LogP contribution >= 0.6 is 8.81 Å². The van der Waals surface area contributed by atoms with Crippen molar-refractivity contribution in [1.82, 2.24) is 0 Å². The molecule has 0 fully saturated rings. The first kappa shape index (κ1) is 10.2. The van der Waals surface area contributed by atoms with E-state index in [1.807, 2.05) is 30.3 Å². The van der Waals surface area contributed by atoms with Gasteiger partial charge in [-0.15, -0.1) is 0 Å². The molecule has 1 unspecified atom stereocenters. The lowest BCUT2D eigenvalue weighted by atomic mass is 10.2. The zero-order chi connectivity index (χ0) is 10.5. The van der Waals surface area contributed by atoms with Gasteiger partial charge in [0.05, 0.1) is 0 Å². The molecule has 0 bridgehead atoms. The summed E-state index contributed by atoms with van der Waals surface area (Å²) in [5.41, 5.74) is 1.28. The third-order valence-corrected chi connectivity index (χ3v) is 2.99. The molecule has 0 saturated heterocycles. The van der Waals surface area contributed by atoms with E-state index in [0.29, 0.717) is 8.81 Å². The predicted molar refractivity (Wildman–Crippen MR) is 66.2 cm³/mol. The monoisotopic (exact) mass is 216 g/mol. The van der Waals surface area contributed by atoms with Crippen molar-refractivity contribution >= 4 is 14.1 Å². The molecule has 0 saturated carbocycles. The van der Waals surface area contributed by atoms with Gasteiger partial charge in [0.2, 0.25) is 0 Å². The van der Waals surface area contributed by atoms with E-state index in [1.165, 1.54) is 10.9 Å². The van der Waals surface area contributed by atoms with Crippen molar-refractivity contribution in [2.24, 2.45) is 0 Å². The molecule has 0 aliphatic rings. The smallest absolute Gasteiger partial charge is 0.123 e. The Hall–Kier alpha value is -1.33. The van der Waals surface area contributed by atoms with Gasteiger partial charge in [-0.3, -0.25) is 0 Å². The van der Waals surface area contributed by atoms with E-state index >= 15 is 0 Å². The molecule has 15 heavy (non-hydrogen) atoms. The van der Waals surface area contributed by atoms with Gasteiger partial charge < -0.3 is 4.52 Å². The van der Waals surface area contributed by atoms with Crippen molar-refractivity contribution in [3.8, 4) is 5.75 Å². The van der Waals surface area contributed by atoms with Crippen LogP contribution < -0.4 is 9.83 Å². The summed E-state index contributed by atoms with van der Waals surface area (Å²) in [6.45, 7) is 2.09. The van der Waals surface area contributed by atoms with E-state index in [0.717, 1.165) is 5.75 Å². The number of hydrogen-bond acceptors (Lipinski definition) is 1. The number of benzene rings is 2. The highest BCUT2D eigenvalue weighted by atomic mass is 31.1. The van der Waals surface area contributed by atoms with Gasteiger partial charge in [-0.25, -0.2) is 0 Å². The first-order chi connectivity index (χ1) is 7.34. The normalized spacial score (nSPS) is 10.7. The minimum atomic E-state index is 0.378. The quantitative estimate of drug-likeness (QED) is 0.715. The molecule has 76 valence electrons. The van der Waals surface area contributed by atoms with E-state index in [1.54, 1.807) is 0 Å². The Labute approximate surface area is 92.0 Å². The predicted octanol–water partition coefficient (Wildman–Crippen LogP) is 3.29. The van der Waals surface area contributed by atoms with Gasteiger partial charge in [0, 0.05) is 5.30 Å². The summed E-state index contributed by atoms with van der Waals surface area (Å²) >= 11 is 0. The van der Waals surface area contributed by atoms with Gasteiger partial charge in [0.15, 0.2) is 0 Å². The standard InChI is InChI=1S/C13H13OP/c1-11-7-9-13(10-8-11)15-14-12-5-3-2-4-6-12/h2-10,15H,1H3. The second-order valence-corrected chi connectivity index (χ2v) is 4.37. The van der Waals surface area contributed by atoms with Crippen molar-refractivity contribution < 1.29 is 4.52 Å². The largest absolute Gasteiger partial charge is 0.472 e. The van der Waals surface area contributed by atoms with Crippen molar-refractivity contribution in [3.05, 3.63) is 60.2 Å². The van der Waals surface area contributed by atoms with Gasteiger partial charge in [0.1, 0.15) is 14.6 Å². The Balaban J connectivity index is 1.96. The number of para-hydroxylation sites is 1. The second-order valence-electron chi connectivity index (χ2n) is 3.38. The zero-order valence-electron chi connectivity index (χ0n) is 8.60. The summed E-state index contributed by atoms with van der Waals surface area (Å²) < 4.78 is 5.66. The third kappa shape index (κ3) is 3.07. The minimum absolute atomic E-state index is 0.378. The molecule has 1 nitrogen and oxygen atoms in total. The van der Waals surface area contributed by atoms with E-state index in [9.17, 15) is 0 Å². The van der Waals surface area contributed by atoms with Gasteiger partial charge in [0.25, 0.3) is 0 Å². The third-order valence-electron chi connectivity index (χ3n) is 2.08. The Morgan fingerprint density at radius 3 is 2.20 bits per heavy atom. The Morgan fingerprint density at radius 1 is 0.867 bits per heavy atom. The fourth-order valence-corrected chi connectivity index (χ4v) is 1.90. The molecule has 2 aromatic carbocycles. The molecular weight excluding hydrogens is 203 g/mol. The second kappa shape index (κ2) is 4.95. The van der Waals surface area contributed by atoms with Crippen molar-refractivity contribution in [2.45, 2.75) is 6.92 Å². The average Bonchev–Trinajstić information content (AvgIpc) is 2.30. The molecule has 0 spiro atoms. The van der Waals surface area contributed by atoms with Gasteiger partial charge >= 0.3 is 0 Å². The molecule has 2 aromatic rings. The molecule has 0 aromatic heterocycles. The summed E-state index contributed by atoms with van der Waals surface area (Å²) in [5.74, 6) is 0.927. The van der Waals surface area contributed by atoms with Crippen molar-refractivity contribution in [1.29, 1.82) is 0 Å². The van der Waals surface area contributed by atoms with Crippen LogP contribution in [0.4, 0.5) is 0 Å².